The van der Waals surface area contributed by atoms with Gasteiger partial charge in [-0.15, -0.1) is 0 Å². The van der Waals surface area contributed by atoms with E-state index in [2.05, 4.69) is 47.8 Å². The molecule has 0 aliphatic rings. The number of aliphatic carboxylic acids is 1. The summed E-state index contributed by atoms with van der Waals surface area (Å²) < 4.78 is 2.56. The topological polar surface area (TPSA) is 37.3 Å². The lowest BCUT2D eigenvalue weighted by Gasteiger charge is -2.05. The van der Waals surface area contributed by atoms with Gasteiger partial charge in [0, 0.05) is 24.6 Å². The summed E-state index contributed by atoms with van der Waals surface area (Å²) in [4.78, 5) is 10.7. The van der Waals surface area contributed by atoms with E-state index in [0.717, 1.165) is 19.0 Å². The summed E-state index contributed by atoms with van der Waals surface area (Å²) in [5.74, 6) is -0.922. The van der Waals surface area contributed by atoms with E-state index in [9.17, 15) is 4.79 Å². The van der Waals surface area contributed by atoms with Gasteiger partial charge < -0.3 is 5.11 Å². The highest BCUT2D eigenvalue weighted by Crippen LogP contribution is 2.33. The zero-order chi connectivity index (χ0) is 11.6. The van der Waals surface area contributed by atoms with Gasteiger partial charge in [0.05, 0.1) is 0 Å². The van der Waals surface area contributed by atoms with Crippen molar-refractivity contribution in [3.63, 3.8) is 0 Å². The van der Waals surface area contributed by atoms with Crippen molar-refractivity contribution in [3.8, 4) is 0 Å². The molecular weight excluding hydrogens is 392 g/mol. The normalized spacial score (nSPS) is 11.6. The summed E-state index contributed by atoms with van der Waals surface area (Å²) in [7, 11) is 0. The van der Waals surface area contributed by atoms with Gasteiger partial charge in [-0.3, -0.25) is 0 Å². The molecule has 1 aromatic rings. The van der Waals surface area contributed by atoms with Crippen molar-refractivity contribution in [2.75, 3.05) is 0 Å². The molecule has 0 fully saturated rings. The Morgan fingerprint density at radius 1 is 1.27 bits per heavy atom. The second kappa shape index (κ2) is 5.27. The molecule has 0 amide bonds. The summed E-state index contributed by atoms with van der Waals surface area (Å²) in [5, 5.41) is 8.78. The predicted molar refractivity (Wildman–Crippen MR) is 70.8 cm³/mol. The lowest BCUT2D eigenvalue weighted by Crippen LogP contribution is -1.96. The number of hydrogen-bond acceptors (Lipinski definition) is 1. The smallest absolute Gasteiger partial charge is 0.331 e. The fraction of sp³-hybridized carbons (Fsp3) is 0.100. The van der Waals surface area contributed by atoms with Crippen LogP contribution in [0.25, 0.3) is 6.08 Å². The van der Waals surface area contributed by atoms with Gasteiger partial charge in [0.25, 0.3) is 0 Å². The van der Waals surface area contributed by atoms with Gasteiger partial charge in [0.1, 0.15) is 0 Å². The molecular formula is C10H7Br3O2. The number of carbonyl (C=O) groups is 1. The molecule has 0 bridgehead atoms. The lowest BCUT2D eigenvalue weighted by atomic mass is 10.1. The maximum atomic E-state index is 10.7. The molecule has 0 atom stereocenters. The SMILES string of the molecule is CC(=Cc1c(Br)ccc(Br)c1Br)C(=O)O. The molecule has 1 N–H and O–H groups in total. The van der Waals surface area contributed by atoms with E-state index in [1.165, 1.54) is 0 Å². The molecule has 15 heavy (non-hydrogen) atoms. The summed E-state index contributed by atoms with van der Waals surface area (Å²) in [6.45, 7) is 1.56. The fourth-order valence-electron chi connectivity index (χ4n) is 0.953. The molecule has 0 unspecified atom stereocenters. The summed E-state index contributed by atoms with van der Waals surface area (Å²) in [6.07, 6.45) is 1.61. The van der Waals surface area contributed by atoms with E-state index >= 15 is 0 Å². The Balaban J connectivity index is 3.32. The van der Waals surface area contributed by atoms with Crippen molar-refractivity contribution in [1.82, 2.24) is 0 Å². The van der Waals surface area contributed by atoms with Gasteiger partial charge in [-0.25, -0.2) is 4.79 Å². The Kier molecular flexibility index (Phi) is 4.55. The van der Waals surface area contributed by atoms with Crippen LogP contribution in [-0.4, -0.2) is 11.1 Å². The van der Waals surface area contributed by atoms with Crippen LogP contribution >= 0.6 is 47.8 Å². The Bertz CT molecular complexity index is 439. The van der Waals surface area contributed by atoms with Gasteiger partial charge in [-0.1, -0.05) is 15.9 Å². The molecule has 0 radical (unpaired) electrons. The Labute approximate surface area is 113 Å². The molecule has 0 saturated heterocycles. The number of carboxylic acid groups (broad SMARTS) is 1. The summed E-state index contributed by atoms with van der Waals surface area (Å²) in [5.41, 5.74) is 1.10. The second-order valence-electron chi connectivity index (χ2n) is 2.89. The molecule has 1 aromatic carbocycles. The number of carboxylic acids is 1. The Morgan fingerprint density at radius 2 is 1.80 bits per heavy atom. The van der Waals surface area contributed by atoms with Crippen LogP contribution in [-0.2, 0) is 4.79 Å². The van der Waals surface area contributed by atoms with Crippen molar-refractivity contribution in [3.05, 3.63) is 36.7 Å². The van der Waals surface area contributed by atoms with Crippen molar-refractivity contribution >= 4 is 59.8 Å². The number of benzene rings is 1. The maximum absolute atomic E-state index is 10.7. The minimum Gasteiger partial charge on any atom is -0.478 e. The highest BCUT2D eigenvalue weighted by molar-refractivity contribution is 9.13. The first-order valence-electron chi connectivity index (χ1n) is 3.98. The maximum Gasteiger partial charge on any atom is 0.331 e. The Morgan fingerprint density at radius 3 is 2.33 bits per heavy atom. The highest BCUT2D eigenvalue weighted by Gasteiger charge is 2.08. The van der Waals surface area contributed by atoms with E-state index in [-0.39, 0.29) is 5.57 Å². The number of halogens is 3. The van der Waals surface area contributed by atoms with Crippen LogP contribution in [0.4, 0.5) is 0 Å². The van der Waals surface area contributed by atoms with Crippen LogP contribution in [0, 0.1) is 0 Å². The van der Waals surface area contributed by atoms with Crippen molar-refractivity contribution in [2.45, 2.75) is 6.92 Å². The van der Waals surface area contributed by atoms with E-state index in [1.54, 1.807) is 13.0 Å². The van der Waals surface area contributed by atoms with Crippen molar-refractivity contribution in [2.24, 2.45) is 0 Å². The van der Waals surface area contributed by atoms with Gasteiger partial charge in [-0.05, 0) is 57.0 Å². The molecule has 0 heterocycles. The predicted octanol–water partition coefficient (Wildman–Crippen LogP) is 4.46. The van der Waals surface area contributed by atoms with Crippen molar-refractivity contribution in [1.29, 1.82) is 0 Å². The van der Waals surface area contributed by atoms with Crippen LogP contribution in [0.15, 0.2) is 31.1 Å². The van der Waals surface area contributed by atoms with Gasteiger partial charge in [0.2, 0.25) is 0 Å². The molecule has 5 heteroatoms. The molecule has 0 saturated carbocycles. The lowest BCUT2D eigenvalue weighted by molar-refractivity contribution is -0.132. The first-order chi connectivity index (χ1) is 6.93. The quantitative estimate of drug-likeness (QED) is 0.589. The molecule has 0 spiro atoms. The zero-order valence-electron chi connectivity index (χ0n) is 7.72. The van der Waals surface area contributed by atoms with Gasteiger partial charge >= 0.3 is 5.97 Å². The Hall–Kier alpha value is -0.130. The third kappa shape index (κ3) is 3.16. The molecule has 0 aromatic heterocycles. The molecule has 1 rings (SSSR count). The molecule has 80 valence electrons. The number of hydrogen-bond donors (Lipinski definition) is 1. The third-order valence-corrected chi connectivity index (χ3v) is 4.52. The average Bonchev–Trinajstić information content (AvgIpc) is 2.18. The van der Waals surface area contributed by atoms with Gasteiger partial charge in [0.15, 0.2) is 0 Å². The van der Waals surface area contributed by atoms with Crippen LogP contribution in [0.5, 0.6) is 0 Å². The molecule has 0 aliphatic heterocycles. The molecule has 0 aliphatic carbocycles. The minimum atomic E-state index is -0.922. The largest absolute Gasteiger partial charge is 0.478 e. The highest BCUT2D eigenvalue weighted by atomic mass is 79.9. The first kappa shape index (κ1) is 12.9. The minimum absolute atomic E-state index is 0.287. The third-order valence-electron chi connectivity index (χ3n) is 1.78. The van der Waals surface area contributed by atoms with Crippen LogP contribution in [0.3, 0.4) is 0 Å². The number of rotatable bonds is 2. The first-order valence-corrected chi connectivity index (χ1v) is 6.36. The van der Waals surface area contributed by atoms with Crippen molar-refractivity contribution < 1.29 is 9.90 Å². The van der Waals surface area contributed by atoms with E-state index in [0.29, 0.717) is 0 Å². The van der Waals surface area contributed by atoms with Crippen LogP contribution in [0.2, 0.25) is 0 Å². The monoisotopic (exact) mass is 396 g/mol. The molecule has 2 nitrogen and oxygen atoms in total. The fourth-order valence-corrected chi connectivity index (χ4v) is 2.47. The second-order valence-corrected chi connectivity index (χ2v) is 5.39. The van der Waals surface area contributed by atoms with Crippen LogP contribution < -0.4 is 0 Å². The summed E-state index contributed by atoms with van der Waals surface area (Å²) in [6, 6.07) is 3.73. The van der Waals surface area contributed by atoms with E-state index in [1.807, 2.05) is 12.1 Å². The van der Waals surface area contributed by atoms with Crippen LogP contribution in [0.1, 0.15) is 12.5 Å². The van der Waals surface area contributed by atoms with Gasteiger partial charge in [-0.2, -0.15) is 0 Å². The van der Waals surface area contributed by atoms with E-state index < -0.39 is 5.97 Å². The average molecular weight is 399 g/mol. The van der Waals surface area contributed by atoms with E-state index in [4.69, 9.17) is 5.11 Å². The zero-order valence-corrected chi connectivity index (χ0v) is 12.5. The summed E-state index contributed by atoms with van der Waals surface area (Å²) >= 11 is 10.1. The standard InChI is InChI=1S/C10H7Br3O2/c1-5(10(14)15)4-6-7(11)2-3-8(12)9(6)13/h2-4H,1H3,(H,14,15).